The van der Waals surface area contributed by atoms with Crippen LogP contribution in [0.2, 0.25) is 0 Å². The molecule has 1 aliphatic heterocycles. The highest BCUT2D eigenvalue weighted by Gasteiger charge is 2.50. The molecule has 1 aliphatic carbocycles. The lowest BCUT2D eigenvalue weighted by atomic mass is 9.62. The Balaban J connectivity index is 2.05. The summed E-state index contributed by atoms with van der Waals surface area (Å²) < 4.78 is 0. The Morgan fingerprint density at radius 2 is 2.04 bits per heavy atom. The fourth-order valence-corrected chi connectivity index (χ4v) is 5.69. The molecular weight excluding hydrogens is 316 g/mol. The third kappa shape index (κ3) is 2.02. The third-order valence-electron chi connectivity index (χ3n) is 5.81. The first-order chi connectivity index (χ1) is 11.6. The topological polar surface area (TPSA) is 45.2 Å². The number of aliphatic hydroxyl groups excluding tert-OH is 1. The van der Waals surface area contributed by atoms with E-state index in [2.05, 4.69) is 61.4 Å². The van der Waals surface area contributed by atoms with Crippen LogP contribution in [0.15, 0.2) is 47.1 Å². The van der Waals surface area contributed by atoms with Crippen molar-refractivity contribution in [2.45, 2.75) is 45.1 Å². The number of allylic oxidation sites excluding steroid dienone is 1. The second-order valence-electron chi connectivity index (χ2n) is 7.17. The van der Waals surface area contributed by atoms with Gasteiger partial charge < -0.3 is 10.4 Å². The molecule has 0 amide bonds. The molecule has 0 fully saturated rings. The van der Waals surface area contributed by atoms with E-state index in [0.29, 0.717) is 5.92 Å². The van der Waals surface area contributed by atoms with Crippen LogP contribution in [0.4, 0.5) is 5.82 Å². The van der Waals surface area contributed by atoms with Gasteiger partial charge in [-0.3, -0.25) is 0 Å². The van der Waals surface area contributed by atoms with E-state index in [0.717, 1.165) is 18.7 Å². The number of hydrogen-bond donors (Lipinski definition) is 2. The minimum atomic E-state index is -0.417. The van der Waals surface area contributed by atoms with Gasteiger partial charge in [0.15, 0.2) is 0 Å². The van der Waals surface area contributed by atoms with E-state index < -0.39 is 6.10 Å². The summed E-state index contributed by atoms with van der Waals surface area (Å²) in [4.78, 5) is 5.82. The Hall–Kier alpha value is -1.65. The van der Waals surface area contributed by atoms with Crippen LogP contribution >= 0.6 is 11.3 Å². The van der Waals surface area contributed by atoms with Gasteiger partial charge in [-0.05, 0) is 35.8 Å². The van der Waals surface area contributed by atoms with Crippen LogP contribution < -0.4 is 5.32 Å². The molecule has 0 spiro atoms. The highest BCUT2D eigenvalue weighted by molar-refractivity contribution is 7.10. The minimum absolute atomic E-state index is 0.268. The number of aliphatic hydroxyl groups is 1. The summed E-state index contributed by atoms with van der Waals surface area (Å²) in [7, 11) is 0. The lowest BCUT2D eigenvalue weighted by Crippen LogP contribution is -2.46. The Morgan fingerprint density at radius 3 is 2.75 bits per heavy atom. The van der Waals surface area contributed by atoms with Crippen molar-refractivity contribution in [3.63, 3.8) is 0 Å². The second-order valence-corrected chi connectivity index (χ2v) is 8.02. The summed E-state index contributed by atoms with van der Waals surface area (Å²) >= 11 is 1.69. The smallest absolute Gasteiger partial charge is 0.145 e. The largest absolute Gasteiger partial charge is 0.388 e. The van der Waals surface area contributed by atoms with Gasteiger partial charge in [0.25, 0.3) is 0 Å². The molecule has 0 saturated carbocycles. The molecule has 0 radical (unpaired) electrons. The monoisotopic (exact) mass is 340 g/mol. The molecule has 3 nitrogen and oxygen atoms in total. The average molecular weight is 340 g/mol. The first-order valence-electron chi connectivity index (χ1n) is 8.78. The summed E-state index contributed by atoms with van der Waals surface area (Å²) in [5.41, 5.74) is 5.25. The van der Waals surface area contributed by atoms with Crippen LogP contribution in [0.5, 0.6) is 0 Å². The van der Waals surface area contributed by atoms with Gasteiger partial charge in [-0.15, -0.1) is 11.3 Å². The van der Waals surface area contributed by atoms with Crippen LogP contribution in [-0.4, -0.2) is 16.2 Å². The van der Waals surface area contributed by atoms with Gasteiger partial charge in [0.05, 0.1) is 21.9 Å². The summed E-state index contributed by atoms with van der Waals surface area (Å²) in [6.07, 6.45) is 1.50. The number of nitrogens with one attached hydrogen (secondary N) is 1. The highest BCUT2D eigenvalue weighted by atomic mass is 32.1. The highest BCUT2D eigenvalue weighted by Crippen LogP contribution is 2.55. The van der Waals surface area contributed by atoms with Gasteiger partial charge in [-0.2, -0.15) is 0 Å². The SMILES string of the molecule is CCC1(c2ccccc2)C2=C(Nc3ncsc31)C(C)CC(C)C2O. The summed E-state index contributed by atoms with van der Waals surface area (Å²) in [6, 6.07) is 10.6. The molecular formula is C20H24N2OS. The zero-order valence-electron chi connectivity index (χ0n) is 14.4. The van der Waals surface area contributed by atoms with Crippen LogP contribution in [-0.2, 0) is 5.41 Å². The maximum atomic E-state index is 11.2. The van der Waals surface area contributed by atoms with Crippen LogP contribution in [0.25, 0.3) is 0 Å². The molecule has 126 valence electrons. The number of rotatable bonds is 2. The van der Waals surface area contributed by atoms with Crippen molar-refractivity contribution in [3.8, 4) is 0 Å². The predicted molar refractivity (Wildman–Crippen MR) is 99.2 cm³/mol. The van der Waals surface area contributed by atoms with Crippen LogP contribution in [0.1, 0.15) is 44.1 Å². The Morgan fingerprint density at radius 1 is 1.29 bits per heavy atom. The molecule has 4 rings (SSSR count). The number of nitrogens with zero attached hydrogens (tertiary/aromatic N) is 1. The number of fused-ring (bicyclic) bond motifs is 1. The molecule has 0 saturated heterocycles. The van der Waals surface area contributed by atoms with Crippen molar-refractivity contribution in [1.82, 2.24) is 4.98 Å². The van der Waals surface area contributed by atoms with E-state index in [1.165, 1.54) is 21.7 Å². The van der Waals surface area contributed by atoms with Crippen LogP contribution in [0.3, 0.4) is 0 Å². The van der Waals surface area contributed by atoms with E-state index >= 15 is 0 Å². The molecule has 2 N–H and O–H groups in total. The van der Waals surface area contributed by atoms with E-state index in [1.807, 2.05) is 5.51 Å². The molecule has 4 atom stereocenters. The van der Waals surface area contributed by atoms with Gasteiger partial charge in [0, 0.05) is 5.70 Å². The molecule has 2 heterocycles. The van der Waals surface area contributed by atoms with Gasteiger partial charge in [-0.1, -0.05) is 51.1 Å². The molecule has 24 heavy (non-hydrogen) atoms. The van der Waals surface area contributed by atoms with Gasteiger partial charge in [0.1, 0.15) is 5.82 Å². The number of anilines is 1. The first-order valence-corrected chi connectivity index (χ1v) is 9.66. The lowest BCUT2D eigenvalue weighted by Gasteiger charge is -2.47. The van der Waals surface area contributed by atoms with Crippen molar-refractivity contribution < 1.29 is 5.11 Å². The van der Waals surface area contributed by atoms with Gasteiger partial charge >= 0.3 is 0 Å². The Labute approximate surface area is 147 Å². The molecule has 2 aliphatic rings. The Bertz CT molecular complexity index is 782. The predicted octanol–water partition coefficient (Wildman–Crippen LogP) is 4.56. The quantitative estimate of drug-likeness (QED) is 0.842. The third-order valence-corrected chi connectivity index (χ3v) is 6.80. The van der Waals surface area contributed by atoms with E-state index in [9.17, 15) is 5.11 Å². The van der Waals surface area contributed by atoms with Crippen molar-refractivity contribution in [2.75, 3.05) is 5.32 Å². The van der Waals surface area contributed by atoms with Gasteiger partial charge in [-0.25, -0.2) is 4.98 Å². The van der Waals surface area contributed by atoms with Gasteiger partial charge in [0.2, 0.25) is 0 Å². The molecule has 1 aromatic carbocycles. The summed E-state index contributed by atoms with van der Waals surface area (Å²) in [5.74, 6) is 1.64. The standard InChI is InChI=1S/C20H24N2OS/c1-4-20(14-8-6-5-7-9-14)15-16(12(2)10-13(3)17(15)23)22-19-18(20)24-11-21-19/h5-9,11-13,17,22-23H,4,10H2,1-3H3. The normalized spacial score (nSPS) is 32.1. The van der Waals surface area contributed by atoms with E-state index in [1.54, 1.807) is 11.3 Å². The fourth-order valence-electron chi connectivity index (χ4n) is 4.64. The fraction of sp³-hybridized carbons (Fsp3) is 0.450. The van der Waals surface area contributed by atoms with Crippen molar-refractivity contribution in [3.05, 3.63) is 57.6 Å². The van der Waals surface area contributed by atoms with E-state index in [-0.39, 0.29) is 11.3 Å². The number of aromatic nitrogens is 1. The number of hydrogen-bond acceptors (Lipinski definition) is 4. The minimum Gasteiger partial charge on any atom is -0.388 e. The zero-order chi connectivity index (χ0) is 16.9. The first kappa shape index (κ1) is 15.9. The lowest BCUT2D eigenvalue weighted by molar-refractivity contribution is 0.111. The number of thiazole rings is 1. The van der Waals surface area contributed by atoms with Crippen LogP contribution in [0, 0.1) is 11.8 Å². The van der Waals surface area contributed by atoms with Crippen molar-refractivity contribution in [1.29, 1.82) is 0 Å². The molecule has 4 unspecified atom stereocenters. The molecule has 4 heteroatoms. The molecule has 2 aromatic rings. The second kappa shape index (κ2) is 5.71. The van der Waals surface area contributed by atoms with E-state index in [4.69, 9.17) is 0 Å². The summed E-state index contributed by atoms with van der Waals surface area (Å²) in [5, 5.41) is 14.7. The molecule has 0 bridgehead atoms. The maximum absolute atomic E-state index is 11.2. The summed E-state index contributed by atoms with van der Waals surface area (Å²) in [6.45, 7) is 6.65. The maximum Gasteiger partial charge on any atom is 0.145 e. The zero-order valence-corrected chi connectivity index (χ0v) is 15.2. The average Bonchev–Trinajstić information content (AvgIpc) is 3.07. The Kier molecular flexibility index (Phi) is 3.77. The molecule has 1 aromatic heterocycles. The number of benzene rings is 1. The van der Waals surface area contributed by atoms with Crippen molar-refractivity contribution in [2.24, 2.45) is 11.8 Å². The van der Waals surface area contributed by atoms with Crippen molar-refractivity contribution >= 4 is 17.2 Å².